The number of carbonyl (C=O) groups excluding carboxylic acids is 1. The molecule has 1 aromatic heterocycles. The number of nitrogens with one attached hydrogen (secondary N) is 1. The zero-order chi connectivity index (χ0) is 15.5. The summed E-state index contributed by atoms with van der Waals surface area (Å²) in [6.45, 7) is 2.32. The van der Waals surface area contributed by atoms with Crippen molar-refractivity contribution in [2.24, 2.45) is 0 Å². The van der Waals surface area contributed by atoms with Gasteiger partial charge in [-0.2, -0.15) is 5.10 Å². The number of hydrogen-bond donors (Lipinski definition) is 1. The average molecular weight is 314 g/mol. The average Bonchev–Trinajstić information content (AvgIpc) is 2.97. The molecule has 1 heterocycles. The van der Waals surface area contributed by atoms with Gasteiger partial charge in [-0.1, -0.05) is 41.9 Å². The highest BCUT2D eigenvalue weighted by atomic mass is 35.5. The van der Waals surface area contributed by atoms with E-state index in [1.165, 1.54) is 0 Å². The Hall–Kier alpha value is -2.33. The van der Waals surface area contributed by atoms with Gasteiger partial charge in [0.15, 0.2) is 0 Å². The Kier molecular flexibility index (Phi) is 4.11. The number of para-hydroxylation sites is 1. The van der Waals surface area contributed by atoms with E-state index in [0.717, 1.165) is 16.5 Å². The second-order valence-corrected chi connectivity index (χ2v) is 5.60. The van der Waals surface area contributed by atoms with Crippen LogP contribution in [0.15, 0.2) is 54.7 Å². The minimum absolute atomic E-state index is 0.0659. The summed E-state index contributed by atoms with van der Waals surface area (Å²) in [5, 5.41) is 8.96. The van der Waals surface area contributed by atoms with Crippen molar-refractivity contribution in [3.05, 3.63) is 65.3 Å². The summed E-state index contributed by atoms with van der Waals surface area (Å²) in [6.07, 6.45) is 1.78. The maximum Gasteiger partial charge on any atom is 0.244 e. The summed E-state index contributed by atoms with van der Waals surface area (Å²) in [7, 11) is 0. The van der Waals surface area contributed by atoms with Crippen LogP contribution in [0, 0.1) is 0 Å². The van der Waals surface area contributed by atoms with E-state index in [1.807, 2.05) is 55.5 Å². The fourth-order valence-electron chi connectivity index (χ4n) is 2.35. The van der Waals surface area contributed by atoms with Crippen LogP contribution in [0.25, 0.3) is 10.9 Å². The highest BCUT2D eigenvalue weighted by molar-refractivity contribution is 6.30. The molecule has 2 aromatic carbocycles. The third-order valence-corrected chi connectivity index (χ3v) is 3.88. The van der Waals surface area contributed by atoms with Crippen LogP contribution in [-0.2, 0) is 11.3 Å². The van der Waals surface area contributed by atoms with Gasteiger partial charge < -0.3 is 5.32 Å². The number of amides is 1. The van der Waals surface area contributed by atoms with E-state index >= 15 is 0 Å². The van der Waals surface area contributed by atoms with Crippen LogP contribution in [0.1, 0.15) is 18.5 Å². The Bertz CT molecular complexity index is 795. The molecule has 1 atom stereocenters. The minimum Gasteiger partial charge on any atom is -0.350 e. The first-order chi connectivity index (χ1) is 10.6. The Morgan fingerprint density at radius 3 is 2.73 bits per heavy atom. The van der Waals surface area contributed by atoms with Crippen molar-refractivity contribution in [3.8, 4) is 0 Å². The SMILES string of the molecule is CC(C(=O)NCc1ccc(Cl)cc1)n1ncc2ccccc21. The van der Waals surface area contributed by atoms with Crippen LogP contribution in [0.2, 0.25) is 5.02 Å². The van der Waals surface area contributed by atoms with Crippen LogP contribution in [0.4, 0.5) is 0 Å². The summed E-state index contributed by atoms with van der Waals surface area (Å²) in [5.41, 5.74) is 1.96. The quantitative estimate of drug-likeness (QED) is 0.800. The van der Waals surface area contributed by atoms with Crippen LogP contribution >= 0.6 is 11.6 Å². The molecule has 0 saturated heterocycles. The zero-order valence-corrected chi connectivity index (χ0v) is 12.9. The Balaban J connectivity index is 1.70. The zero-order valence-electron chi connectivity index (χ0n) is 12.2. The van der Waals surface area contributed by atoms with Crippen molar-refractivity contribution in [1.82, 2.24) is 15.1 Å². The molecule has 4 nitrogen and oxygen atoms in total. The molecular weight excluding hydrogens is 298 g/mol. The molecule has 22 heavy (non-hydrogen) atoms. The number of rotatable bonds is 4. The molecule has 5 heteroatoms. The Morgan fingerprint density at radius 2 is 1.95 bits per heavy atom. The van der Waals surface area contributed by atoms with E-state index in [0.29, 0.717) is 11.6 Å². The van der Waals surface area contributed by atoms with Crippen LogP contribution in [-0.4, -0.2) is 15.7 Å². The van der Waals surface area contributed by atoms with Crippen molar-refractivity contribution in [3.63, 3.8) is 0 Å². The molecule has 1 unspecified atom stereocenters. The number of hydrogen-bond acceptors (Lipinski definition) is 2. The second kappa shape index (κ2) is 6.20. The van der Waals surface area contributed by atoms with Gasteiger partial charge in [-0.3, -0.25) is 9.48 Å². The number of nitrogens with zero attached hydrogens (tertiary/aromatic N) is 2. The lowest BCUT2D eigenvalue weighted by Gasteiger charge is -2.14. The van der Waals surface area contributed by atoms with Crippen molar-refractivity contribution < 1.29 is 4.79 Å². The maximum absolute atomic E-state index is 12.3. The van der Waals surface area contributed by atoms with E-state index in [2.05, 4.69) is 10.4 Å². The highest BCUT2D eigenvalue weighted by Crippen LogP contribution is 2.17. The lowest BCUT2D eigenvalue weighted by atomic mass is 10.2. The van der Waals surface area contributed by atoms with Gasteiger partial charge >= 0.3 is 0 Å². The first kappa shape index (κ1) is 14.6. The van der Waals surface area contributed by atoms with Crippen LogP contribution < -0.4 is 5.32 Å². The van der Waals surface area contributed by atoms with Gasteiger partial charge in [-0.15, -0.1) is 0 Å². The van der Waals surface area contributed by atoms with Gasteiger partial charge in [-0.25, -0.2) is 0 Å². The summed E-state index contributed by atoms with van der Waals surface area (Å²) < 4.78 is 1.74. The summed E-state index contributed by atoms with van der Waals surface area (Å²) in [5.74, 6) is -0.0659. The van der Waals surface area contributed by atoms with Crippen LogP contribution in [0.5, 0.6) is 0 Å². The largest absolute Gasteiger partial charge is 0.350 e. The predicted molar refractivity (Wildman–Crippen MR) is 87.7 cm³/mol. The fourth-order valence-corrected chi connectivity index (χ4v) is 2.48. The third kappa shape index (κ3) is 2.97. The first-order valence-electron chi connectivity index (χ1n) is 7.09. The van der Waals surface area contributed by atoms with E-state index in [9.17, 15) is 4.79 Å². The molecule has 3 rings (SSSR count). The van der Waals surface area contributed by atoms with Crippen molar-refractivity contribution in [1.29, 1.82) is 0 Å². The number of benzene rings is 2. The number of fused-ring (bicyclic) bond motifs is 1. The van der Waals surface area contributed by atoms with Gasteiger partial charge in [0, 0.05) is 17.0 Å². The third-order valence-electron chi connectivity index (χ3n) is 3.63. The van der Waals surface area contributed by atoms with Crippen molar-refractivity contribution in [2.45, 2.75) is 19.5 Å². The van der Waals surface area contributed by atoms with Gasteiger partial charge in [0.25, 0.3) is 0 Å². The number of aromatic nitrogens is 2. The fraction of sp³-hybridized carbons (Fsp3) is 0.176. The highest BCUT2D eigenvalue weighted by Gasteiger charge is 2.17. The Labute approximate surface area is 133 Å². The molecule has 0 spiro atoms. The normalized spacial score (nSPS) is 12.3. The standard InChI is InChI=1S/C17H16ClN3O/c1-12(21-16-5-3-2-4-14(16)11-20-21)17(22)19-10-13-6-8-15(18)9-7-13/h2-9,11-12H,10H2,1H3,(H,19,22). The van der Waals surface area contributed by atoms with Crippen LogP contribution in [0.3, 0.4) is 0 Å². The lowest BCUT2D eigenvalue weighted by Crippen LogP contribution is -2.31. The molecule has 3 aromatic rings. The van der Waals surface area contributed by atoms with Gasteiger partial charge in [0.1, 0.15) is 6.04 Å². The monoisotopic (exact) mass is 313 g/mol. The molecule has 112 valence electrons. The lowest BCUT2D eigenvalue weighted by molar-refractivity contribution is -0.124. The maximum atomic E-state index is 12.3. The van der Waals surface area contributed by atoms with E-state index < -0.39 is 0 Å². The summed E-state index contributed by atoms with van der Waals surface area (Å²) in [6, 6.07) is 14.9. The number of halogens is 1. The summed E-state index contributed by atoms with van der Waals surface area (Å²) >= 11 is 5.85. The van der Waals surface area contributed by atoms with E-state index in [-0.39, 0.29) is 11.9 Å². The molecular formula is C17H16ClN3O. The van der Waals surface area contributed by atoms with Gasteiger partial charge in [-0.05, 0) is 30.7 Å². The Morgan fingerprint density at radius 1 is 1.23 bits per heavy atom. The second-order valence-electron chi connectivity index (χ2n) is 5.17. The van der Waals surface area contributed by atoms with Crippen molar-refractivity contribution >= 4 is 28.4 Å². The molecule has 0 aliphatic carbocycles. The molecule has 0 bridgehead atoms. The topological polar surface area (TPSA) is 46.9 Å². The number of carbonyl (C=O) groups is 1. The molecule has 0 aliphatic rings. The first-order valence-corrected chi connectivity index (χ1v) is 7.47. The molecule has 0 fully saturated rings. The smallest absolute Gasteiger partial charge is 0.244 e. The molecule has 1 N–H and O–H groups in total. The molecule has 0 saturated carbocycles. The van der Waals surface area contributed by atoms with Crippen molar-refractivity contribution in [2.75, 3.05) is 0 Å². The minimum atomic E-state index is -0.368. The molecule has 1 amide bonds. The predicted octanol–water partition coefficient (Wildman–Crippen LogP) is 3.57. The van der Waals surface area contributed by atoms with E-state index in [1.54, 1.807) is 10.9 Å². The molecule has 0 radical (unpaired) electrons. The van der Waals surface area contributed by atoms with E-state index in [4.69, 9.17) is 11.6 Å². The van der Waals surface area contributed by atoms with Gasteiger partial charge in [0.2, 0.25) is 5.91 Å². The summed E-state index contributed by atoms with van der Waals surface area (Å²) in [4.78, 5) is 12.3. The van der Waals surface area contributed by atoms with Gasteiger partial charge in [0.05, 0.1) is 11.7 Å². The molecule has 0 aliphatic heterocycles.